The van der Waals surface area contributed by atoms with Gasteiger partial charge in [-0.2, -0.15) is 0 Å². The maximum absolute atomic E-state index is 6.25. The molecule has 0 saturated heterocycles. The van der Waals surface area contributed by atoms with E-state index in [1.54, 1.807) is 11.9 Å². The van der Waals surface area contributed by atoms with Crippen molar-refractivity contribution in [3.63, 3.8) is 0 Å². The fourth-order valence-electron chi connectivity index (χ4n) is 4.33. The Morgan fingerprint density at radius 1 is 0.629 bits per heavy atom. The Balaban J connectivity index is 1.41. The van der Waals surface area contributed by atoms with Crippen LogP contribution < -0.4 is 9.62 Å². The van der Waals surface area contributed by atoms with Gasteiger partial charge in [-0.3, -0.25) is 4.31 Å². The quantitative estimate of drug-likeness (QED) is 0.244. The summed E-state index contributed by atoms with van der Waals surface area (Å²) in [7, 11) is 0. The molecule has 4 heteroatoms. The summed E-state index contributed by atoms with van der Waals surface area (Å²) < 4.78 is 8.54. The molecule has 0 saturated carbocycles. The van der Waals surface area contributed by atoms with Crippen molar-refractivity contribution in [2.45, 2.75) is 11.8 Å². The molecule has 1 aromatic heterocycles. The number of nitrogens with one attached hydrogen (secondary N) is 1. The third-order valence-electron chi connectivity index (χ3n) is 6.08. The third kappa shape index (κ3) is 4.13. The summed E-state index contributed by atoms with van der Waals surface area (Å²) >= 11 is 1.71. The fourth-order valence-corrected chi connectivity index (χ4v) is 5.42. The van der Waals surface area contributed by atoms with Gasteiger partial charge >= 0.3 is 0 Å². The van der Waals surface area contributed by atoms with E-state index < -0.39 is 0 Å². The molecule has 6 aromatic rings. The summed E-state index contributed by atoms with van der Waals surface area (Å²) in [6.45, 7) is 2.15. The maximum Gasteiger partial charge on any atom is 0.158 e. The zero-order valence-corrected chi connectivity index (χ0v) is 20.1. The minimum Gasteiger partial charge on any atom is -0.454 e. The van der Waals surface area contributed by atoms with Crippen molar-refractivity contribution in [3.8, 4) is 0 Å². The molecule has 6 rings (SSSR count). The molecule has 0 aliphatic rings. The summed E-state index contributed by atoms with van der Waals surface area (Å²) in [6, 6.07) is 41.8. The van der Waals surface area contributed by atoms with Crippen LogP contribution in [0.4, 0.5) is 22.7 Å². The highest BCUT2D eigenvalue weighted by molar-refractivity contribution is 8.01. The van der Waals surface area contributed by atoms with Gasteiger partial charge in [0, 0.05) is 10.8 Å². The number of hydrogen-bond acceptors (Lipinski definition) is 4. The van der Waals surface area contributed by atoms with Crippen LogP contribution in [0.15, 0.2) is 131 Å². The Hall–Kier alpha value is -4.15. The van der Waals surface area contributed by atoms with Crippen molar-refractivity contribution in [1.29, 1.82) is 0 Å². The molecule has 0 spiro atoms. The van der Waals surface area contributed by atoms with E-state index in [2.05, 4.69) is 114 Å². The number of aryl methyl sites for hydroxylation is 1. The molecule has 5 aromatic carbocycles. The number of rotatable bonds is 6. The Kier molecular flexibility index (Phi) is 5.65. The summed E-state index contributed by atoms with van der Waals surface area (Å²) in [5.74, 6) is 0. The first kappa shape index (κ1) is 21.4. The predicted octanol–water partition coefficient (Wildman–Crippen LogP) is 9.48. The topological polar surface area (TPSA) is 28.4 Å². The highest BCUT2D eigenvalue weighted by Crippen LogP contribution is 2.42. The molecule has 0 bridgehead atoms. The van der Waals surface area contributed by atoms with Crippen LogP contribution in [-0.4, -0.2) is 0 Å². The lowest BCUT2D eigenvalue weighted by atomic mass is 10.1. The van der Waals surface area contributed by atoms with Crippen molar-refractivity contribution >= 4 is 56.6 Å². The van der Waals surface area contributed by atoms with E-state index in [-0.39, 0.29) is 0 Å². The average molecular weight is 473 g/mol. The lowest BCUT2D eigenvalue weighted by Gasteiger charge is -2.26. The second-order valence-corrected chi connectivity index (χ2v) is 9.40. The minimum atomic E-state index is 0.868. The molecule has 0 amide bonds. The van der Waals surface area contributed by atoms with Gasteiger partial charge in [0.25, 0.3) is 0 Å². The van der Waals surface area contributed by atoms with Crippen molar-refractivity contribution in [3.05, 3.63) is 127 Å². The summed E-state index contributed by atoms with van der Waals surface area (Å²) in [6.07, 6.45) is 0. The van der Waals surface area contributed by atoms with Crippen LogP contribution >= 0.6 is 11.9 Å². The van der Waals surface area contributed by atoms with Crippen LogP contribution in [-0.2, 0) is 0 Å². The van der Waals surface area contributed by atoms with Gasteiger partial charge in [-0.15, -0.1) is 0 Å². The largest absolute Gasteiger partial charge is 0.454 e. The van der Waals surface area contributed by atoms with Gasteiger partial charge in [0.05, 0.1) is 27.6 Å². The number of nitrogens with zero attached hydrogens (tertiary/aromatic N) is 1. The lowest BCUT2D eigenvalue weighted by molar-refractivity contribution is 0.670. The molecule has 1 heterocycles. The van der Waals surface area contributed by atoms with Crippen molar-refractivity contribution in [2.75, 3.05) is 9.62 Å². The number of benzene rings is 5. The molecule has 0 atom stereocenters. The first-order valence-corrected chi connectivity index (χ1v) is 12.4. The van der Waals surface area contributed by atoms with Crippen molar-refractivity contribution in [1.82, 2.24) is 0 Å². The van der Waals surface area contributed by atoms with Crippen LogP contribution in [0.2, 0.25) is 0 Å². The SMILES string of the molecule is Cc1ccccc1N(Sc1ccccc1Nc1cccc2c1oc1ccccc12)c1ccccc1. The van der Waals surface area contributed by atoms with Crippen molar-refractivity contribution < 1.29 is 4.42 Å². The highest BCUT2D eigenvalue weighted by atomic mass is 32.2. The van der Waals surface area contributed by atoms with E-state index in [1.807, 2.05) is 24.3 Å². The Labute approximate surface area is 209 Å². The van der Waals surface area contributed by atoms with Crippen LogP contribution in [0.25, 0.3) is 21.9 Å². The molecule has 170 valence electrons. The highest BCUT2D eigenvalue weighted by Gasteiger charge is 2.17. The smallest absolute Gasteiger partial charge is 0.158 e. The number of anilines is 4. The van der Waals surface area contributed by atoms with Gasteiger partial charge in [-0.05, 0) is 66.9 Å². The van der Waals surface area contributed by atoms with Crippen LogP contribution in [0, 0.1) is 6.92 Å². The van der Waals surface area contributed by atoms with E-state index >= 15 is 0 Å². The average Bonchev–Trinajstić information content (AvgIpc) is 3.29. The molecule has 0 radical (unpaired) electrons. The number of para-hydroxylation sites is 5. The third-order valence-corrected chi connectivity index (χ3v) is 7.22. The maximum atomic E-state index is 6.25. The monoisotopic (exact) mass is 472 g/mol. The first-order valence-electron chi connectivity index (χ1n) is 11.6. The normalized spacial score (nSPS) is 11.1. The zero-order chi connectivity index (χ0) is 23.6. The van der Waals surface area contributed by atoms with Gasteiger partial charge < -0.3 is 9.73 Å². The molecule has 0 aliphatic heterocycles. The van der Waals surface area contributed by atoms with E-state index in [0.29, 0.717) is 0 Å². The molecular weight excluding hydrogens is 448 g/mol. The molecule has 3 nitrogen and oxygen atoms in total. The molecule has 0 fully saturated rings. The molecule has 0 unspecified atom stereocenters. The van der Waals surface area contributed by atoms with Crippen LogP contribution in [0.1, 0.15) is 5.56 Å². The Morgan fingerprint density at radius 2 is 1.31 bits per heavy atom. The fraction of sp³-hybridized carbons (Fsp3) is 0.0323. The standard InChI is InChI=1S/C31H24N2OS/c1-22-12-5-8-19-28(22)33(23-13-3-2-4-14-23)35-30-21-10-7-17-26(30)32-27-18-11-16-25-24-15-6-9-20-29(24)34-31(25)27/h2-21,32H,1H3. The van der Waals surface area contributed by atoms with Gasteiger partial charge in [0.15, 0.2) is 5.58 Å². The number of hydrogen-bond donors (Lipinski definition) is 1. The molecule has 1 N–H and O–H groups in total. The van der Waals surface area contributed by atoms with E-state index in [1.165, 1.54) is 5.56 Å². The Bertz CT molecular complexity index is 1620. The van der Waals surface area contributed by atoms with Gasteiger partial charge in [-0.1, -0.05) is 78.9 Å². The molecular formula is C31H24N2OS. The number of furan rings is 1. The van der Waals surface area contributed by atoms with E-state index in [9.17, 15) is 0 Å². The Morgan fingerprint density at radius 3 is 2.20 bits per heavy atom. The van der Waals surface area contributed by atoms with E-state index in [0.717, 1.165) is 49.6 Å². The second-order valence-electron chi connectivity index (χ2n) is 8.41. The zero-order valence-electron chi connectivity index (χ0n) is 19.3. The minimum absolute atomic E-state index is 0.868. The summed E-state index contributed by atoms with van der Waals surface area (Å²) in [5.41, 5.74) is 7.26. The molecule has 0 aliphatic carbocycles. The van der Waals surface area contributed by atoms with Gasteiger partial charge in [0.1, 0.15) is 5.58 Å². The summed E-state index contributed by atoms with van der Waals surface area (Å²) in [5, 5.41) is 5.90. The summed E-state index contributed by atoms with van der Waals surface area (Å²) in [4.78, 5) is 1.12. The lowest BCUT2D eigenvalue weighted by Crippen LogP contribution is -2.09. The van der Waals surface area contributed by atoms with Gasteiger partial charge in [0.2, 0.25) is 0 Å². The van der Waals surface area contributed by atoms with Gasteiger partial charge in [-0.25, -0.2) is 0 Å². The van der Waals surface area contributed by atoms with Crippen LogP contribution in [0.5, 0.6) is 0 Å². The van der Waals surface area contributed by atoms with Crippen LogP contribution in [0.3, 0.4) is 0 Å². The van der Waals surface area contributed by atoms with E-state index in [4.69, 9.17) is 4.42 Å². The second kappa shape index (κ2) is 9.24. The number of fused-ring (bicyclic) bond motifs is 3. The predicted molar refractivity (Wildman–Crippen MR) is 149 cm³/mol. The molecule has 35 heavy (non-hydrogen) atoms. The van der Waals surface area contributed by atoms with Crippen molar-refractivity contribution in [2.24, 2.45) is 0 Å². The first-order chi connectivity index (χ1) is 17.3.